The quantitative estimate of drug-likeness (QED) is 0.668. The maximum absolute atomic E-state index is 2.81. The summed E-state index contributed by atoms with van der Waals surface area (Å²) >= 11 is 0. The number of rotatable bonds is 7. The molecule has 0 aromatic rings. The number of fused-ring (bicyclic) bond motifs is 1. The molecule has 0 amide bonds. The fourth-order valence-corrected chi connectivity index (χ4v) is 3.91. The maximum Gasteiger partial charge on any atom is 0.0223 e. The van der Waals surface area contributed by atoms with E-state index < -0.39 is 0 Å². The minimum absolute atomic E-state index is 0.680. The van der Waals surface area contributed by atoms with Crippen molar-refractivity contribution in [2.75, 3.05) is 39.8 Å². The van der Waals surface area contributed by atoms with Crippen LogP contribution in [0.15, 0.2) is 0 Å². The monoisotopic (exact) mass is 295 g/mol. The fourth-order valence-electron chi connectivity index (χ4n) is 3.91. The van der Waals surface area contributed by atoms with Crippen LogP contribution in [0, 0.1) is 0 Å². The lowest BCUT2D eigenvalue weighted by Crippen LogP contribution is -2.59. The highest BCUT2D eigenvalue weighted by molar-refractivity contribution is 4.90. The Hall–Kier alpha value is -0.120. The highest BCUT2D eigenvalue weighted by Gasteiger charge is 2.33. The molecule has 21 heavy (non-hydrogen) atoms. The molecule has 3 nitrogen and oxygen atoms in total. The predicted octanol–water partition coefficient (Wildman–Crippen LogP) is 3.06. The third-order valence-corrected chi connectivity index (χ3v) is 5.71. The first-order valence-electron chi connectivity index (χ1n) is 9.30. The van der Waals surface area contributed by atoms with Crippen LogP contribution in [0.5, 0.6) is 0 Å². The largest absolute Gasteiger partial charge is 0.304 e. The van der Waals surface area contributed by atoms with Gasteiger partial charge in [0.25, 0.3) is 0 Å². The van der Waals surface area contributed by atoms with Gasteiger partial charge in [0.2, 0.25) is 0 Å². The molecule has 2 heterocycles. The lowest BCUT2D eigenvalue weighted by Gasteiger charge is -2.48. The first-order chi connectivity index (χ1) is 10.1. The summed E-state index contributed by atoms with van der Waals surface area (Å²) in [7, 11) is 2.25. The Kier molecular flexibility index (Phi) is 6.97. The molecule has 0 bridgehead atoms. The zero-order chi connectivity index (χ0) is 15.2. The number of nitrogens with zero attached hydrogens (tertiary/aromatic N) is 3. The van der Waals surface area contributed by atoms with Crippen molar-refractivity contribution in [2.45, 2.75) is 77.4 Å². The van der Waals surface area contributed by atoms with Gasteiger partial charge in [-0.05, 0) is 72.6 Å². The van der Waals surface area contributed by atoms with E-state index in [1.807, 2.05) is 0 Å². The van der Waals surface area contributed by atoms with Gasteiger partial charge in [-0.1, -0.05) is 13.3 Å². The minimum atomic E-state index is 0.680. The van der Waals surface area contributed by atoms with Crippen LogP contribution in [0.3, 0.4) is 0 Å². The average molecular weight is 296 g/mol. The van der Waals surface area contributed by atoms with E-state index in [1.54, 1.807) is 0 Å². The molecule has 0 saturated carbocycles. The summed E-state index contributed by atoms with van der Waals surface area (Å²) in [6.45, 7) is 13.5. The topological polar surface area (TPSA) is 9.72 Å². The number of piperazine rings is 1. The van der Waals surface area contributed by atoms with Crippen LogP contribution >= 0.6 is 0 Å². The van der Waals surface area contributed by atoms with Gasteiger partial charge in [-0.2, -0.15) is 0 Å². The summed E-state index contributed by atoms with van der Waals surface area (Å²) in [6.07, 6.45) is 8.33. The van der Waals surface area contributed by atoms with Crippen molar-refractivity contribution >= 4 is 0 Å². The van der Waals surface area contributed by atoms with E-state index in [4.69, 9.17) is 0 Å². The van der Waals surface area contributed by atoms with E-state index in [-0.39, 0.29) is 0 Å². The second kappa shape index (κ2) is 8.50. The second-order valence-corrected chi connectivity index (χ2v) is 7.48. The number of hydrogen-bond acceptors (Lipinski definition) is 3. The Morgan fingerprint density at radius 2 is 1.95 bits per heavy atom. The zero-order valence-corrected chi connectivity index (χ0v) is 14.9. The molecule has 2 aliphatic heterocycles. The summed E-state index contributed by atoms with van der Waals surface area (Å²) in [4.78, 5) is 8.05. The first kappa shape index (κ1) is 17.2. The molecule has 0 aromatic carbocycles. The molecule has 2 fully saturated rings. The van der Waals surface area contributed by atoms with Crippen molar-refractivity contribution in [2.24, 2.45) is 0 Å². The summed E-state index contributed by atoms with van der Waals surface area (Å²) in [5.74, 6) is 0. The van der Waals surface area contributed by atoms with Crippen molar-refractivity contribution in [1.29, 1.82) is 0 Å². The molecule has 2 atom stereocenters. The minimum Gasteiger partial charge on any atom is -0.304 e. The lowest BCUT2D eigenvalue weighted by molar-refractivity contribution is 0.00665. The molecular weight excluding hydrogens is 258 g/mol. The highest BCUT2D eigenvalue weighted by atomic mass is 15.3. The van der Waals surface area contributed by atoms with Crippen molar-refractivity contribution in [1.82, 2.24) is 14.7 Å². The highest BCUT2D eigenvalue weighted by Crippen LogP contribution is 2.25. The van der Waals surface area contributed by atoms with E-state index in [2.05, 4.69) is 42.5 Å². The SMILES string of the molecule is CCC1CN2CCCCC2CN1CCCCN(C)C(C)C. The van der Waals surface area contributed by atoms with Crippen LogP contribution in [0.4, 0.5) is 0 Å². The second-order valence-electron chi connectivity index (χ2n) is 7.48. The number of hydrogen-bond donors (Lipinski definition) is 0. The summed E-state index contributed by atoms with van der Waals surface area (Å²) in [5, 5.41) is 0. The van der Waals surface area contributed by atoms with E-state index in [0.717, 1.165) is 12.1 Å². The van der Waals surface area contributed by atoms with Crippen LogP contribution in [0.1, 0.15) is 59.3 Å². The van der Waals surface area contributed by atoms with Gasteiger partial charge in [0.1, 0.15) is 0 Å². The fraction of sp³-hybridized carbons (Fsp3) is 1.00. The zero-order valence-electron chi connectivity index (χ0n) is 14.9. The Morgan fingerprint density at radius 1 is 1.14 bits per heavy atom. The smallest absolute Gasteiger partial charge is 0.0223 e. The van der Waals surface area contributed by atoms with Crippen LogP contribution < -0.4 is 0 Å². The number of piperidine rings is 1. The van der Waals surface area contributed by atoms with Gasteiger partial charge in [-0.15, -0.1) is 0 Å². The van der Waals surface area contributed by atoms with E-state index in [9.17, 15) is 0 Å². The molecule has 2 rings (SSSR count). The normalized spacial score (nSPS) is 28.3. The predicted molar refractivity (Wildman–Crippen MR) is 91.9 cm³/mol. The summed E-state index contributed by atoms with van der Waals surface area (Å²) in [5.41, 5.74) is 0. The molecule has 0 N–H and O–H groups in total. The lowest BCUT2D eigenvalue weighted by atomic mass is 9.95. The Labute approximate surface area is 132 Å². The molecule has 0 aliphatic carbocycles. The van der Waals surface area contributed by atoms with E-state index in [0.29, 0.717) is 6.04 Å². The molecule has 2 saturated heterocycles. The standard InChI is InChI=1S/C18H37N3/c1-5-17-14-21-12-7-6-10-18(21)15-20(17)13-9-8-11-19(4)16(2)3/h16-18H,5-15H2,1-4H3. The van der Waals surface area contributed by atoms with E-state index in [1.165, 1.54) is 71.2 Å². The number of unbranched alkanes of at least 4 members (excludes halogenated alkanes) is 1. The Morgan fingerprint density at radius 3 is 2.67 bits per heavy atom. The Bertz CT molecular complexity index is 292. The van der Waals surface area contributed by atoms with Crippen LogP contribution in [-0.4, -0.2) is 72.6 Å². The van der Waals surface area contributed by atoms with Crippen LogP contribution in [0.2, 0.25) is 0 Å². The van der Waals surface area contributed by atoms with Gasteiger partial charge in [0, 0.05) is 31.2 Å². The summed E-state index contributed by atoms with van der Waals surface area (Å²) in [6, 6.07) is 2.35. The van der Waals surface area contributed by atoms with Gasteiger partial charge in [0.15, 0.2) is 0 Å². The molecular formula is C18H37N3. The third kappa shape index (κ3) is 4.94. The van der Waals surface area contributed by atoms with Crippen LogP contribution in [-0.2, 0) is 0 Å². The third-order valence-electron chi connectivity index (χ3n) is 5.71. The molecule has 3 heteroatoms. The van der Waals surface area contributed by atoms with Crippen molar-refractivity contribution in [3.8, 4) is 0 Å². The van der Waals surface area contributed by atoms with E-state index >= 15 is 0 Å². The van der Waals surface area contributed by atoms with Gasteiger partial charge in [-0.3, -0.25) is 9.80 Å². The maximum atomic E-state index is 2.81. The molecule has 0 radical (unpaired) electrons. The van der Waals surface area contributed by atoms with Gasteiger partial charge in [-0.25, -0.2) is 0 Å². The van der Waals surface area contributed by atoms with Gasteiger partial charge >= 0.3 is 0 Å². The van der Waals surface area contributed by atoms with Gasteiger partial charge in [0.05, 0.1) is 0 Å². The first-order valence-corrected chi connectivity index (χ1v) is 9.30. The Balaban J connectivity index is 1.73. The van der Waals surface area contributed by atoms with Gasteiger partial charge < -0.3 is 4.90 Å². The molecule has 124 valence electrons. The van der Waals surface area contributed by atoms with Crippen molar-refractivity contribution in [3.05, 3.63) is 0 Å². The van der Waals surface area contributed by atoms with Crippen LogP contribution in [0.25, 0.3) is 0 Å². The molecule has 0 spiro atoms. The molecule has 0 aromatic heterocycles. The summed E-state index contributed by atoms with van der Waals surface area (Å²) < 4.78 is 0. The molecule has 2 unspecified atom stereocenters. The average Bonchev–Trinajstić information content (AvgIpc) is 2.50. The molecule has 2 aliphatic rings. The van der Waals surface area contributed by atoms with Crippen molar-refractivity contribution < 1.29 is 0 Å². The van der Waals surface area contributed by atoms with Crippen molar-refractivity contribution in [3.63, 3.8) is 0 Å².